The van der Waals surface area contributed by atoms with Gasteiger partial charge in [-0.3, -0.25) is 0 Å². The molecule has 0 heterocycles. The van der Waals surface area contributed by atoms with Gasteiger partial charge in [0.2, 0.25) is 0 Å². The summed E-state index contributed by atoms with van der Waals surface area (Å²) in [4.78, 5) is 2.13. The number of anilines is 3. The van der Waals surface area contributed by atoms with Crippen molar-refractivity contribution in [2.24, 2.45) is 0 Å². The van der Waals surface area contributed by atoms with E-state index in [1.54, 1.807) is 0 Å². The molecule has 2 aromatic carbocycles. The second-order valence-corrected chi connectivity index (χ2v) is 6.42. The third kappa shape index (κ3) is 2.96. The van der Waals surface area contributed by atoms with Crippen LogP contribution in [0.4, 0.5) is 17.1 Å². The molecule has 0 aliphatic heterocycles. The zero-order valence-corrected chi connectivity index (χ0v) is 13.1. The Morgan fingerprint density at radius 2 is 1.55 bits per heavy atom. The van der Waals surface area contributed by atoms with Gasteiger partial charge in [0.25, 0.3) is 0 Å². The number of rotatable bonds is 2. The molecule has 2 heteroatoms. The van der Waals surface area contributed by atoms with Crippen LogP contribution in [0.5, 0.6) is 0 Å². The molecular formula is C18H24N2. The van der Waals surface area contributed by atoms with Crippen LogP contribution in [0.1, 0.15) is 31.9 Å². The maximum atomic E-state index is 6.12. The average molecular weight is 268 g/mol. The van der Waals surface area contributed by atoms with Crippen molar-refractivity contribution in [1.29, 1.82) is 0 Å². The summed E-state index contributed by atoms with van der Waals surface area (Å²) in [6.45, 7) is 8.73. The van der Waals surface area contributed by atoms with Crippen molar-refractivity contribution in [2.75, 3.05) is 17.7 Å². The fourth-order valence-electron chi connectivity index (χ4n) is 2.30. The number of nitrogens with zero attached hydrogens (tertiary/aromatic N) is 1. The highest BCUT2D eigenvalue weighted by molar-refractivity contribution is 5.75. The summed E-state index contributed by atoms with van der Waals surface area (Å²) < 4.78 is 0. The van der Waals surface area contributed by atoms with E-state index < -0.39 is 0 Å². The lowest BCUT2D eigenvalue weighted by Crippen LogP contribution is -2.14. The van der Waals surface area contributed by atoms with Crippen molar-refractivity contribution in [1.82, 2.24) is 0 Å². The summed E-state index contributed by atoms with van der Waals surface area (Å²) >= 11 is 0. The number of hydrogen-bond donors (Lipinski definition) is 1. The Morgan fingerprint density at radius 1 is 0.950 bits per heavy atom. The van der Waals surface area contributed by atoms with E-state index in [2.05, 4.69) is 69.0 Å². The van der Waals surface area contributed by atoms with Crippen LogP contribution in [0.25, 0.3) is 0 Å². The predicted octanol–water partition coefficient (Wildman–Crippen LogP) is 4.64. The highest BCUT2D eigenvalue weighted by atomic mass is 15.1. The molecule has 0 aliphatic rings. The summed E-state index contributed by atoms with van der Waals surface area (Å²) in [6, 6.07) is 14.9. The smallest absolute Gasteiger partial charge is 0.0641 e. The van der Waals surface area contributed by atoms with Crippen molar-refractivity contribution >= 4 is 17.1 Å². The van der Waals surface area contributed by atoms with Crippen LogP contribution in [-0.4, -0.2) is 7.05 Å². The molecule has 106 valence electrons. The minimum atomic E-state index is 0.181. The Kier molecular flexibility index (Phi) is 3.76. The van der Waals surface area contributed by atoms with E-state index in [4.69, 9.17) is 5.73 Å². The maximum Gasteiger partial charge on any atom is 0.0641 e. The van der Waals surface area contributed by atoms with E-state index in [0.717, 1.165) is 17.1 Å². The standard InChI is InChI=1S/C18H24N2/c1-13-6-11-17(16(19)12-13)20(5)15-9-7-14(8-10-15)18(2,3)4/h6-12H,19H2,1-5H3. The second kappa shape index (κ2) is 5.20. The molecule has 2 aromatic rings. The normalized spacial score (nSPS) is 11.4. The largest absolute Gasteiger partial charge is 0.397 e. The molecule has 0 spiro atoms. The van der Waals surface area contributed by atoms with Gasteiger partial charge in [-0.2, -0.15) is 0 Å². The zero-order chi connectivity index (χ0) is 14.9. The lowest BCUT2D eigenvalue weighted by Gasteiger charge is -2.24. The van der Waals surface area contributed by atoms with Gasteiger partial charge in [-0.25, -0.2) is 0 Å². The van der Waals surface area contributed by atoms with E-state index in [1.165, 1.54) is 11.1 Å². The minimum absolute atomic E-state index is 0.181. The van der Waals surface area contributed by atoms with Crippen molar-refractivity contribution in [3.05, 3.63) is 53.6 Å². The van der Waals surface area contributed by atoms with Crippen molar-refractivity contribution < 1.29 is 0 Å². The van der Waals surface area contributed by atoms with Gasteiger partial charge in [0.15, 0.2) is 0 Å². The highest BCUT2D eigenvalue weighted by Gasteiger charge is 2.14. The lowest BCUT2D eigenvalue weighted by molar-refractivity contribution is 0.590. The molecule has 0 aliphatic carbocycles. The Hall–Kier alpha value is -1.96. The van der Waals surface area contributed by atoms with Crippen molar-refractivity contribution in [3.8, 4) is 0 Å². The zero-order valence-electron chi connectivity index (χ0n) is 13.1. The van der Waals surface area contributed by atoms with Crippen LogP contribution in [-0.2, 0) is 5.41 Å². The number of benzene rings is 2. The van der Waals surface area contributed by atoms with Gasteiger partial charge in [0, 0.05) is 12.7 Å². The average Bonchev–Trinajstić information content (AvgIpc) is 2.37. The van der Waals surface area contributed by atoms with Crippen LogP contribution >= 0.6 is 0 Å². The summed E-state index contributed by atoms with van der Waals surface area (Å²) in [5.41, 5.74) is 11.8. The van der Waals surface area contributed by atoms with Gasteiger partial charge in [0.05, 0.1) is 11.4 Å². The van der Waals surface area contributed by atoms with E-state index >= 15 is 0 Å². The SMILES string of the molecule is Cc1ccc(N(C)c2ccc(C(C)(C)C)cc2)c(N)c1. The third-order valence-corrected chi connectivity index (χ3v) is 3.67. The molecule has 2 rings (SSSR count). The molecule has 20 heavy (non-hydrogen) atoms. The summed E-state index contributed by atoms with van der Waals surface area (Å²) in [5, 5.41) is 0. The second-order valence-electron chi connectivity index (χ2n) is 6.42. The topological polar surface area (TPSA) is 29.3 Å². The van der Waals surface area contributed by atoms with Gasteiger partial charge < -0.3 is 10.6 Å². The van der Waals surface area contributed by atoms with Gasteiger partial charge in [0.1, 0.15) is 0 Å². The predicted molar refractivity (Wildman–Crippen MR) is 88.8 cm³/mol. The molecule has 2 N–H and O–H groups in total. The number of aryl methyl sites for hydroxylation is 1. The molecule has 0 saturated heterocycles. The number of hydrogen-bond acceptors (Lipinski definition) is 2. The van der Waals surface area contributed by atoms with Gasteiger partial charge in [-0.1, -0.05) is 39.0 Å². The van der Waals surface area contributed by atoms with E-state index in [-0.39, 0.29) is 5.41 Å². The van der Waals surface area contributed by atoms with Crippen molar-refractivity contribution in [2.45, 2.75) is 33.1 Å². The molecule has 0 saturated carbocycles. The molecule has 0 radical (unpaired) electrons. The summed E-state index contributed by atoms with van der Waals surface area (Å²) in [7, 11) is 2.05. The van der Waals surface area contributed by atoms with E-state index in [1.807, 2.05) is 13.1 Å². The summed E-state index contributed by atoms with van der Waals surface area (Å²) in [6.07, 6.45) is 0. The van der Waals surface area contributed by atoms with Crippen LogP contribution < -0.4 is 10.6 Å². The fourth-order valence-corrected chi connectivity index (χ4v) is 2.30. The first-order chi connectivity index (χ1) is 9.29. The Balaban J connectivity index is 2.31. The Morgan fingerprint density at radius 3 is 2.05 bits per heavy atom. The lowest BCUT2D eigenvalue weighted by atomic mass is 9.87. The van der Waals surface area contributed by atoms with Crippen LogP contribution in [0.3, 0.4) is 0 Å². The molecule has 0 aromatic heterocycles. The maximum absolute atomic E-state index is 6.12. The molecule has 0 unspecified atom stereocenters. The molecule has 0 amide bonds. The Labute approximate surface area is 122 Å². The monoisotopic (exact) mass is 268 g/mol. The van der Waals surface area contributed by atoms with Crippen LogP contribution in [0, 0.1) is 6.92 Å². The first-order valence-corrected chi connectivity index (χ1v) is 6.99. The molecule has 0 atom stereocenters. The molecule has 2 nitrogen and oxygen atoms in total. The van der Waals surface area contributed by atoms with E-state index in [0.29, 0.717) is 0 Å². The van der Waals surface area contributed by atoms with Crippen LogP contribution in [0.2, 0.25) is 0 Å². The molecular weight excluding hydrogens is 244 g/mol. The quantitative estimate of drug-likeness (QED) is 0.804. The molecule has 0 fully saturated rings. The van der Waals surface area contributed by atoms with Gasteiger partial charge in [-0.15, -0.1) is 0 Å². The summed E-state index contributed by atoms with van der Waals surface area (Å²) in [5.74, 6) is 0. The third-order valence-electron chi connectivity index (χ3n) is 3.67. The Bertz CT molecular complexity index is 592. The minimum Gasteiger partial charge on any atom is -0.397 e. The fraction of sp³-hybridized carbons (Fsp3) is 0.333. The van der Waals surface area contributed by atoms with Crippen LogP contribution in [0.15, 0.2) is 42.5 Å². The first-order valence-electron chi connectivity index (χ1n) is 6.99. The first kappa shape index (κ1) is 14.4. The van der Waals surface area contributed by atoms with Gasteiger partial charge in [-0.05, 0) is 47.7 Å². The van der Waals surface area contributed by atoms with Gasteiger partial charge >= 0.3 is 0 Å². The highest BCUT2D eigenvalue weighted by Crippen LogP contribution is 2.31. The van der Waals surface area contributed by atoms with E-state index in [9.17, 15) is 0 Å². The molecule has 0 bridgehead atoms. The number of nitrogens with two attached hydrogens (primary N) is 1. The number of nitrogen functional groups attached to an aromatic ring is 1. The van der Waals surface area contributed by atoms with Crippen molar-refractivity contribution in [3.63, 3.8) is 0 Å².